The Kier molecular flexibility index (Phi) is 59.7. The zero-order valence-electron chi connectivity index (χ0n) is 68.4. The second-order valence-corrected chi connectivity index (χ2v) is 32.5. The number of carboxylic acid groups (broad SMARTS) is 1. The van der Waals surface area contributed by atoms with E-state index in [-0.39, 0.29) is 18.9 Å². The minimum absolute atomic E-state index is 0.228. The van der Waals surface area contributed by atoms with E-state index < -0.39 is 148 Å². The van der Waals surface area contributed by atoms with Crippen LogP contribution in [0.25, 0.3) is 0 Å². The molecule has 3 heterocycles. The minimum atomic E-state index is -3.08. The Balaban J connectivity index is 1.39. The molecule has 18 unspecified atom stereocenters. The molecular weight excluding hydrogens is 1400 g/mol. The number of nitrogens with one attached hydrogen (secondary N) is 2. The number of unbranched alkanes of at least 4 members (excludes halogenated alkanes) is 50. The van der Waals surface area contributed by atoms with Crippen LogP contribution >= 0.6 is 0 Å². The largest absolute Gasteiger partial charge is 0.477 e. The lowest BCUT2D eigenvalue weighted by molar-refractivity contribution is -0.386. The predicted molar refractivity (Wildman–Crippen MR) is 426 cm³/mol. The van der Waals surface area contributed by atoms with Crippen LogP contribution in [0.15, 0.2) is 12.2 Å². The molecule has 0 aliphatic carbocycles. The molecule has 3 aliphatic heterocycles. The molecule has 2 amide bonds. The maximum absolute atomic E-state index is 13.6. The average molecular weight is 1560 g/mol. The highest BCUT2D eigenvalue weighted by Crippen LogP contribution is 2.39. The fraction of sp³-hybridized carbons (Fsp3) is 0.942. The Hall–Kier alpha value is -2.53. The molecule has 0 aromatic carbocycles. The van der Waals surface area contributed by atoms with E-state index in [2.05, 4.69) is 36.6 Å². The molecule has 0 aromatic heterocycles. The van der Waals surface area contributed by atoms with Crippen LogP contribution in [0.2, 0.25) is 0 Å². The van der Waals surface area contributed by atoms with Crippen LogP contribution in [0.5, 0.6) is 0 Å². The zero-order valence-corrected chi connectivity index (χ0v) is 68.4. The summed E-state index contributed by atoms with van der Waals surface area (Å²) in [7, 11) is 0. The molecule has 0 aromatic rings. The average Bonchev–Trinajstić information content (AvgIpc) is 0.754. The summed E-state index contributed by atoms with van der Waals surface area (Å²) in [6.07, 6.45) is 43.9. The quantitative estimate of drug-likeness (QED) is 0.0199. The second-order valence-electron chi connectivity index (χ2n) is 32.5. The maximum atomic E-state index is 13.6. The van der Waals surface area contributed by atoms with Crippen molar-refractivity contribution in [2.24, 2.45) is 0 Å². The smallest absolute Gasteiger partial charge is 0.364 e. The van der Waals surface area contributed by atoms with Gasteiger partial charge in [0.15, 0.2) is 12.6 Å². The van der Waals surface area contributed by atoms with Crippen LogP contribution in [-0.2, 0) is 42.8 Å². The lowest BCUT2D eigenvalue weighted by Crippen LogP contribution is -2.70. The molecule has 23 heteroatoms. The van der Waals surface area contributed by atoms with Gasteiger partial charge in [0.1, 0.15) is 67.1 Å². The van der Waals surface area contributed by atoms with Gasteiger partial charge in [-0.05, 0) is 38.5 Å². The molecular formula is C86H162N2O21. The van der Waals surface area contributed by atoms with Gasteiger partial charge in [-0.25, -0.2) is 4.79 Å². The van der Waals surface area contributed by atoms with Gasteiger partial charge in [0.25, 0.3) is 5.79 Å². The number of aliphatic hydroxyl groups is 11. The van der Waals surface area contributed by atoms with Gasteiger partial charge in [0, 0.05) is 19.8 Å². The van der Waals surface area contributed by atoms with Crippen molar-refractivity contribution in [3.8, 4) is 0 Å². The normalized spacial score (nSPS) is 25.7. The topological polar surface area (TPSA) is 373 Å². The van der Waals surface area contributed by atoms with Crippen LogP contribution in [-0.4, -0.2) is 215 Å². The number of amides is 2. The van der Waals surface area contributed by atoms with Crippen LogP contribution < -0.4 is 10.6 Å². The SMILES string of the molecule is CCCCCCCCCCCCCCCCCCCC/C=C\CCCCCCCCCCCCCCCCCCCC(=O)NC(COC1OC(CO)C(OC2OC(CO)C(O)C(OC3(C(=O)O)CC(O)C(NC(C)=O)C(C(O)C(O)CO)O3)C2O)C(O)C1O)C(O)CCCCCCCCCCCCCCCCCC. The number of aliphatic hydroxyl groups excluding tert-OH is 11. The highest BCUT2D eigenvalue weighted by Gasteiger charge is 2.60. The van der Waals surface area contributed by atoms with E-state index in [0.29, 0.717) is 19.3 Å². The molecule has 0 spiro atoms. The molecule has 642 valence electrons. The summed E-state index contributed by atoms with van der Waals surface area (Å²) in [6, 6.07) is -2.53. The molecule has 18 atom stereocenters. The molecule has 0 saturated carbocycles. The zero-order chi connectivity index (χ0) is 79.5. The summed E-state index contributed by atoms with van der Waals surface area (Å²) < 4.78 is 35.0. The number of aliphatic carboxylic acids is 1. The van der Waals surface area contributed by atoms with Crippen molar-refractivity contribution in [2.75, 3.05) is 26.4 Å². The predicted octanol–water partition coefficient (Wildman–Crippen LogP) is 13.7. The molecule has 3 rings (SSSR count). The van der Waals surface area contributed by atoms with Crippen molar-refractivity contribution in [1.29, 1.82) is 0 Å². The maximum Gasteiger partial charge on any atom is 0.364 e. The third-order valence-electron chi connectivity index (χ3n) is 22.7. The second kappa shape index (κ2) is 64.6. The van der Waals surface area contributed by atoms with Crippen LogP contribution in [0.3, 0.4) is 0 Å². The van der Waals surface area contributed by atoms with Crippen molar-refractivity contribution >= 4 is 17.8 Å². The van der Waals surface area contributed by atoms with Gasteiger partial charge < -0.3 is 100 Å². The van der Waals surface area contributed by atoms with E-state index in [1.807, 2.05) is 0 Å². The Morgan fingerprint density at radius 3 is 1.24 bits per heavy atom. The van der Waals surface area contributed by atoms with Crippen LogP contribution in [0.1, 0.15) is 380 Å². The minimum Gasteiger partial charge on any atom is -0.477 e. The summed E-state index contributed by atoms with van der Waals surface area (Å²) in [5.41, 5.74) is 0. The first-order valence-corrected chi connectivity index (χ1v) is 44.5. The standard InChI is InChI=1S/C86H162N2O21/c1-4-6-8-10-12-14-16-18-20-22-23-24-25-26-27-28-29-30-31-32-33-34-35-36-37-38-39-40-41-42-43-44-46-48-50-52-54-56-58-60-73(96)88-67(68(93)59-57-55-53-51-49-47-45-21-19-17-15-13-11-9-7-5-2)65-104-83-78(100)77(99)80(72(64-91)106-83)107-84-79(101)82(76(98)71(63-90)105-84)109-86(85(102)103)61-69(94)74(87-66(3)92)81(108-86)75(97)70(95)62-89/h32-33,67-72,74-84,89-91,93-95,97-101H,4-31,34-65H2,1-3H3,(H,87,92)(H,88,96)(H,102,103)/b33-32-. The van der Waals surface area contributed by atoms with Crippen LogP contribution in [0.4, 0.5) is 0 Å². The van der Waals surface area contributed by atoms with Gasteiger partial charge in [0.05, 0.1) is 50.7 Å². The molecule has 3 aliphatic rings. The number of rotatable bonds is 72. The first-order valence-electron chi connectivity index (χ1n) is 44.5. The van der Waals surface area contributed by atoms with Gasteiger partial charge in [-0.2, -0.15) is 0 Å². The van der Waals surface area contributed by atoms with Gasteiger partial charge in [-0.1, -0.05) is 334 Å². The Morgan fingerprint density at radius 2 is 0.853 bits per heavy atom. The molecule has 3 saturated heterocycles. The summed E-state index contributed by atoms with van der Waals surface area (Å²) >= 11 is 0. The van der Waals surface area contributed by atoms with E-state index in [0.717, 1.165) is 58.3 Å². The van der Waals surface area contributed by atoms with E-state index in [9.17, 15) is 75.7 Å². The van der Waals surface area contributed by atoms with Gasteiger partial charge in [0.2, 0.25) is 11.8 Å². The third-order valence-corrected chi connectivity index (χ3v) is 22.7. The summed E-state index contributed by atoms with van der Waals surface area (Å²) in [6.45, 7) is 2.27. The molecule has 3 fully saturated rings. The van der Waals surface area contributed by atoms with E-state index >= 15 is 0 Å². The molecule has 0 radical (unpaired) electrons. The highest BCUT2D eigenvalue weighted by molar-refractivity contribution is 5.77. The van der Waals surface area contributed by atoms with Crippen molar-refractivity contribution in [2.45, 2.75) is 490 Å². The monoisotopic (exact) mass is 1560 g/mol. The number of allylic oxidation sites excluding steroid dienone is 2. The lowest BCUT2D eigenvalue weighted by Gasteiger charge is -2.50. The highest BCUT2D eigenvalue weighted by atomic mass is 16.8. The van der Waals surface area contributed by atoms with E-state index in [1.54, 1.807) is 0 Å². The Bertz CT molecular complexity index is 2210. The van der Waals surface area contributed by atoms with Crippen molar-refractivity contribution < 1.29 is 104 Å². The van der Waals surface area contributed by atoms with Crippen molar-refractivity contribution in [3.05, 3.63) is 12.2 Å². The number of carbonyl (C=O) groups excluding carboxylic acids is 2. The lowest BCUT2D eigenvalue weighted by atomic mass is 9.88. The van der Waals surface area contributed by atoms with E-state index in [1.165, 1.54) is 276 Å². The fourth-order valence-electron chi connectivity index (χ4n) is 15.7. The first kappa shape index (κ1) is 101. The molecule has 109 heavy (non-hydrogen) atoms. The summed E-state index contributed by atoms with van der Waals surface area (Å²) in [5.74, 6) is -6.09. The molecule has 23 nitrogen and oxygen atoms in total. The number of carbonyl (C=O) groups is 3. The van der Waals surface area contributed by atoms with E-state index in [4.69, 9.17) is 28.4 Å². The molecule has 14 N–H and O–H groups in total. The van der Waals surface area contributed by atoms with Crippen molar-refractivity contribution in [3.63, 3.8) is 0 Å². The van der Waals surface area contributed by atoms with Crippen molar-refractivity contribution in [1.82, 2.24) is 10.6 Å². The molecule has 0 bridgehead atoms. The Labute approximate surface area is 658 Å². The summed E-state index contributed by atoms with van der Waals surface area (Å²) in [5, 5.41) is 137. The number of hydrogen-bond donors (Lipinski definition) is 14. The number of ether oxygens (including phenoxy) is 6. The Morgan fingerprint density at radius 1 is 0.468 bits per heavy atom. The van der Waals surface area contributed by atoms with Gasteiger partial charge >= 0.3 is 5.97 Å². The first-order chi connectivity index (χ1) is 52.9. The number of hydrogen-bond acceptors (Lipinski definition) is 20. The fourth-order valence-corrected chi connectivity index (χ4v) is 15.7. The number of carboxylic acids is 1. The summed E-state index contributed by atoms with van der Waals surface area (Å²) in [4.78, 5) is 38.7. The third kappa shape index (κ3) is 43.9. The van der Waals surface area contributed by atoms with Gasteiger partial charge in [-0.3, -0.25) is 9.59 Å². The van der Waals surface area contributed by atoms with Gasteiger partial charge in [-0.15, -0.1) is 0 Å². The van der Waals surface area contributed by atoms with Crippen LogP contribution in [0, 0.1) is 0 Å².